The molecule has 0 bridgehead atoms. The zero-order valence-corrected chi connectivity index (χ0v) is 18.1. The molecule has 1 aliphatic rings. The van der Waals surface area contributed by atoms with E-state index < -0.39 is 41.6 Å². The van der Waals surface area contributed by atoms with Crippen LogP contribution in [0.5, 0.6) is 0 Å². The number of nitrogens with zero attached hydrogens (tertiary/aromatic N) is 5. The summed E-state index contributed by atoms with van der Waals surface area (Å²) in [5.74, 6) is -0.330. The van der Waals surface area contributed by atoms with Crippen LogP contribution >= 0.6 is 15.9 Å². The van der Waals surface area contributed by atoms with E-state index in [1.165, 1.54) is 22.9 Å². The molecule has 4 rings (SSSR count). The monoisotopic (exact) mass is 524 g/mol. The van der Waals surface area contributed by atoms with Crippen molar-refractivity contribution >= 4 is 50.9 Å². The van der Waals surface area contributed by atoms with Crippen LogP contribution in [0.1, 0.15) is 11.8 Å². The van der Waals surface area contributed by atoms with Gasteiger partial charge in [-0.1, -0.05) is 6.07 Å². The van der Waals surface area contributed by atoms with Crippen molar-refractivity contribution in [2.75, 3.05) is 17.8 Å². The molecule has 3 aromatic rings. The number of ether oxygens (including phenoxy) is 1. The van der Waals surface area contributed by atoms with Gasteiger partial charge in [-0.2, -0.15) is 10.1 Å². The number of nitrogen functional groups attached to an aromatic ring is 1. The predicted octanol–water partition coefficient (Wildman–Crippen LogP) is -0.570. The van der Waals surface area contributed by atoms with Crippen molar-refractivity contribution in [1.29, 1.82) is 0 Å². The Hall–Kier alpha value is -3.44. The number of aliphatic hydroxyl groups excluding tert-OH is 3. The van der Waals surface area contributed by atoms with Gasteiger partial charge in [0.15, 0.2) is 17.4 Å². The number of hydrazone groups is 1. The molecule has 3 heterocycles. The van der Waals surface area contributed by atoms with Gasteiger partial charge in [-0.05, 0) is 22.0 Å². The number of nitro benzene ring substituents is 1. The Kier molecular flexibility index (Phi) is 6.09. The third-order valence-corrected chi connectivity index (χ3v) is 5.56. The molecule has 0 aliphatic carbocycles. The van der Waals surface area contributed by atoms with E-state index in [4.69, 9.17) is 10.5 Å². The molecule has 1 saturated heterocycles. The molecular formula is C17H17BrN8O7. The van der Waals surface area contributed by atoms with Crippen LogP contribution in [0.15, 0.2) is 32.6 Å². The molecule has 0 spiro atoms. The van der Waals surface area contributed by atoms with Crippen molar-refractivity contribution in [3.63, 3.8) is 0 Å². The summed E-state index contributed by atoms with van der Waals surface area (Å²) in [6.45, 7) is -0.569. The van der Waals surface area contributed by atoms with Crippen LogP contribution in [0.25, 0.3) is 11.2 Å². The first kappa shape index (κ1) is 22.7. The van der Waals surface area contributed by atoms with E-state index in [1.54, 1.807) is 6.07 Å². The molecular weight excluding hydrogens is 508 g/mol. The van der Waals surface area contributed by atoms with Crippen molar-refractivity contribution in [3.05, 3.63) is 48.7 Å². The Labute approximate surface area is 191 Å². The first-order chi connectivity index (χ1) is 15.7. The quantitative estimate of drug-likeness (QED) is 0.136. The number of aromatic amines is 1. The lowest BCUT2D eigenvalue weighted by atomic mass is 10.1. The molecule has 7 N–H and O–H groups in total. The zero-order chi connectivity index (χ0) is 23.9. The van der Waals surface area contributed by atoms with Crippen molar-refractivity contribution < 1.29 is 25.0 Å². The number of imidazole rings is 1. The van der Waals surface area contributed by atoms with Gasteiger partial charge in [-0.25, -0.2) is 10.4 Å². The topological polar surface area (TPSA) is 227 Å². The number of benzene rings is 1. The number of anilines is 2. The van der Waals surface area contributed by atoms with Crippen LogP contribution < -0.4 is 16.7 Å². The summed E-state index contributed by atoms with van der Waals surface area (Å²) >= 11 is 3.10. The molecule has 15 nitrogen and oxygen atoms in total. The number of nitro groups is 1. The molecule has 4 atom stereocenters. The van der Waals surface area contributed by atoms with Gasteiger partial charge in [0.2, 0.25) is 11.9 Å². The van der Waals surface area contributed by atoms with E-state index in [9.17, 15) is 30.2 Å². The number of H-pyrrole nitrogens is 1. The second-order valence-electron chi connectivity index (χ2n) is 7.00. The number of halogens is 1. The number of rotatable bonds is 6. The summed E-state index contributed by atoms with van der Waals surface area (Å²) in [5.41, 5.74) is 7.54. The van der Waals surface area contributed by atoms with Crippen molar-refractivity contribution in [3.8, 4) is 0 Å². The number of hydrogen-bond acceptors (Lipinski definition) is 12. The minimum Gasteiger partial charge on any atom is -0.394 e. The number of hydrogen-bond donors (Lipinski definition) is 6. The van der Waals surface area contributed by atoms with Gasteiger partial charge in [-0.15, -0.1) is 0 Å². The summed E-state index contributed by atoms with van der Waals surface area (Å²) in [5, 5.41) is 45.1. The van der Waals surface area contributed by atoms with Gasteiger partial charge < -0.3 is 25.8 Å². The number of nitrogens with one attached hydrogen (secondary N) is 2. The van der Waals surface area contributed by atoms with E-state index in [0.29, 0.717) is 10.0 Å². The number of fused-ring (bicyclic) bond motifs is 1. The van der Waals surface area contributed by atoms with Crippen molar-refractivity contribution in [1.82, 2.24) is 19.5 Å². The van der Waals surface area contributed by atoms with Gasteiger partial charge >= 0.3 is 0 Å². The molecule has 1 aliphatic heterocycles. The van der Waals surface area contributed by atoms with E-state index in [-0.39, 0.29) is 28.7 Å². The maximum atomic E-state index is 12.3. The lowest BCUT2D eigenvalue weighted by molar-refractivity contribution is -0.385. The van der Waals surface area contributed by atoms with E-state index >= 15 is 0 Å². The minimum absolute atomic E-state index is 0.0666. The fraction of sp³-hybridized carbons (Fsp3) is 0.294. The maximum absolute atomic E-state index is 12.3. The summed E-state index contributed by atoms with van der Waals surface area (Å²) in [7, 11) is 0. The maximum Gasteiger partial charge on any atom is 0.284 e. The Bertz CT molecular complexity index is 1310. The molecule has 33 heavy (non-hydrogen) atoms. The van der Waals surface area contributed by atoms with Gasteiger partial charge in [0.05, 0.1) is 22.2 Å². The first-order valence-electron chi connectivity index (χ1n) is 9.34. The Morgan fingerprint density at radius 3 is 2.82 bits per heavy atom. The predicted molar refractivity (Wildman–Crippen MR) is 118 cm³/mol. The smallest absolute Gasteiger partial charge is 0.284 e. The second-order valence-corrected chi connectivity index (χ2v) is 7.85. The standard InChI is InChI=1S/C17H17BrN8O7/c18-7-2-1-6(3-8(7)26(31)32)4-20-24-17-21-10-13(22-16(19)23-14(10)30)25(17)15-12(29)11(28)9(5-27)33-15/h1-4,9,11-12,15,27-29H,5H2,(H,21,24)(H3,19,22,23,30)/b20-4+/t9-,11+,12+,15-/m1/s1. The third kappa shape index (κ3) is 4.16. The molecule has 0 amide bonds. The zero-order valence-electron chi connectivity index (χ0n) is 16.5. The van der Waals surface area contributed by atoms with Gasteiger partial charge in [0, 0.05) is 11.6 Å². The fourth-order valence-electron chi connectivity index (χ4n) is 3.33. The van der Waals surface area contributed by atoms with Crippen molar-refractivity contribution in [2.24, 2.45) is 5.10 Å². The summed E-state index contributed by atoms with van der Waals surface area (Å²) < 4.78 is 7.01. The molecule has 16 heteroatoms. The Balaban J connectivity index is 1.74. The van der Waals surface area contributed by atoms with Crippen LogP contribution in [0, 0.1) is 10.1 Å². The summed E-state index contributed by atoms with van der Waals surface area (Å²) in [6.07, 6.45) is -4.03. The highest BCUT2D eigenvalue weighted by Gasteiger charge is 2.45. The van der Waals surface area contributed by atoms with Crippen LogP contribution in [0.3, 0.4) is 0 Å². The molecule has 0 saturated carbocycles. The largest absolute Gasteiger partial charge is 0.394 e. The summed E-state index contributed by atoms with van der Waals surface area (Å²) in [6, 6.07) is 4.35. The Morgan fingerprint density at radius 1 is 1.39 bits per heavy atom. The average molecular weight is 525 g/mol. The highest BCUT2D eigenvalue weighted by atomic mass is 79.9. The van der Waals surface area contributed by atoms with E-state index in [0.717, 1.165) is 0 Å². The normalized spacial score (nSPS) is 22.9. The molecule has 1 aromatic carbocycles. The van der Waals surface area contributed by atoms with Crippen LogP contribution in [0.4, 0.5) is 17.6 Å². The van der Waals surface area contributed by atoms with Gasteiger partial charge in [-0.3, -0.25) is 24.5 Å². The fourth-order valence-corrected chi connectivity index (χ4v) is 3.72. The highest BCUT2D eigenvalue weighted by molar-refractivity contribution is 9.10. The second kappa shape index (κ2) is 8.83. The Morgan fingerprint density at radius 2 is 2.15 bits per heavy atom. The molecule has 2 aromatic heterocycles. The van der Waals surface area contributed by atoms with Crippen molar-refractivity contribution in [2.45, 2.75) is 24.5 Å². The number of aromatic nitrogens is 4. The first-order valence-corrected chi connectivity index (χ1v) is 10.1. The minimum atomic E-state index is -1.50. The average Bonchev–Trinajstić information content (AvgIpc) is 3.26. The third-order valence-electron chi connectivity index (χ3n) is 4.89. The SMILES string of the molecule is Nc1nc2c(nc(N/N=C/c3ccc(Br)c([N+](=O)[O-])c3)n2[C@@H]2O[C@H](CO)[C@H](O)[C@@H]2O)c(=O)[nH]1. The summed E-state index contributed by atoms with van der Waals surface area (Å²) in [4.78, 5) is 33.3. The van der Waals surface area contributed by atoms with E-state index in [2.05, 4.69) is 41.4 Å². The van der Waals surface area contributed by atoms with Gasteiger partial charge in [0.1, 0.15) is 18.3 Å². The van der Waals surface area contributed by atoms with Gasteiger partial charge in [0.25, 0.3) is 11.2 Å². The van der Waals surface area contributed by atoms with Crippen LogP contribution in [-0.4, -0.2) is 70.9 Å². The highest BCUT2D eigenvalue weighted by Crippen LogP contribution is 2.34. The molecule has 0 radical (unpaired) electrons. The number of nitrogens with two attached hydrogens (primary N) is 1. The van der Waals surface area contributed by atoms with Crippen LogP contribution in [-0.2, 0) is 4.74 Å². The lowest BCUT2D eigenvalue weighted by Gasteiger charge is -2.18. The molecule has 1 fully saturated rings. The molecule has 0 unspecified atom stereocenters. The van der Waals surface area contributed by atoms with E-state index in [1.807, 2.05) is 0 Å². The molecule has 174 valence electrons. The number of aliphatic hydroxyl groups is 3. The van der Waals surface area contributed by atoms with Crippen LogP contribution in [0.2, 0.25) is 0 Å². The lowest BCUT2D eigenvalue weighted by Crippen LogP contribution is -2.33.